The van der Waals surface area contributed by atoms with Crippen molar-refractivity contribution in [2.45, 2.75) is 24.7 Å². The molecule has 2 aromatic rings. The first-order valence-corrected chi connectivity index (χ1v) is 9.31. The van der Waals surface area contributed by atoms with Gasteiger partial charge in [0.05, 0.1) is 0 Å². The molecule has 2 aromatic carbocycles. The molecule has 2 N–H and O–H groups in total. The highest BCUT2D eigenvalue weighted by molar-refractivity contribution is 6.30. The predicted octanol–water partition coefficient (Wildman–Crippen LogP) is 3.89. The van der Waals surface area contributed by atoms with Gasteiger partial charge in [-0.15, -0.1) is 0 Å². The second-order valence-electron chi connectivity index (χ2n) is 6.51. The van der Waals surface area contributed by atoms with E-state index in [0.29, 0.717) is 36.0 Å². The van der Waals surface area contributed by atoms with E-state index < -0.39 is 0 Å². The van der Waals surface area contributed by atoms with E-state index in [0.717, 1.165) is 11.1 Å². The Morgan fingerprint density at radius 3 is 1.35 bits per heavy atom. The normalized spacial score (nSPS) is 21.6. The Morgan fingerprint density at radius 2 is 1.00 bits per heavy atom. The molecule has 26 heavy (non-hydrogen) atoms. The molecular formula is C20H20Cl2N2O2. The molecule has 0 radical (unpaired) electrons. The van der Waals surface area contributed by atoms with E-state index in [1.165, 1.54) is 0 Å². The van der Waals surface area contributed by atoms with Crippen LogP contribution in [0.25, 0.3) is 0 Å². The van der Waals surface area contributed by atoms with Gasteiger partial charge in [0, 0.05) is 47.8 Å². The van der Waals surface area contributed by atoms with Crippen molar-refractivity contribution in [1.29, 1.82) is 0 Å². The number of amides is 2. The summed E-state index contributed by atoms with van der Waals surface area (Å²) in [7, 11) is 0. The number of carbonyl (C=O) groups excluding carboxylic acids is 2. The number of benzene rings is 2. The number of halogens is 2. The molecule has 0 aromatic heterocycles. The van der Waals surface area contributed by atoms with E-state index in [-0.39, 0.29) is 23.7 Å². The van der Waals surface area contributed by atoms with Gasteiger partial charge in [-0.05, 0) is 35.4 Å². The highest BCUT2D eigenvalue weighted by atomic mass is 35.5. The van der Waals surface area contributed by atoms with Gasteiger partial charge in [-0.3, -0.25) is 9.59 Å². The summed E-state index contributed by atoms with van der Waals surface area (Å²) in [5, 5.41) is 7.23. The lowest BCUT2D eigenvalue weighted by atomic mass is 9.92. The van der Waals surface area contributed by atoms with Crippen LogP contribution in [0.3, 0.4) is 0 Å². The minimum atomic E-state index is -0.0803. The fourth-order valence-electron chi connectivity index (χ4n) is 3.15. The third-order valence-corrected chi connectivity index (χ3v) is 5.14. The molecule has 0 bridgehead atoms. The summed E-state index contributed by atoms with van der Waals surface area (Å²) >= 11 is 11.9. The van der Waals surface area contributed by atoms with Gasteiger partial charge in [-0.2, -0.15) is 0 Å². The maximum absolute atomic E-state index is 12.4. The Hall–Kier alpha value is -2.04. The molecule has 4 nitrogen and oxygen atoms in total. The molecule has 2 unspecified atom stereocenters. The minimum absolute atomic E-state index is 0.0277. The second kappa shape index (κ2) is 8.56. The standard InChI is InChI=1S/C20H20Cl2N2O2/c21-17-5-1-13(2-6-17)15-9-19(25)24-12-16(10-20(26)23-11-15)14-3-7-18(22)8-4-14/h1-8,15-16H,9-12H2,(H,23,26)(H,24,25). The minimum Gasteiger partial charge on any atom is -0.355 e. The molecule has 0 spiro atoms. The number of rotatable bonds is 2. The van der Waals surface area contributed by atoms with Gasteiger partial charge in [0.2, 0.25) is 11.8 Å². The van der Waals surface area contributed by atoms with Crippen LogP contribution < -0.4 is 10.6 Å². The Labute approximate surface area is 162 Å². The van der Waals surface area contributed by atoms with E-state index in [2.05, 4.69) is 10.6 Å². The number of hydrogen-bond donors (Lipinski definition) is 2. The van der Waals surface area contributed by atoms with E-state index >= 15 is 0 Å². The van der Waals surface area contributed by atoms with Gasteiger partial charge >= 0.3 is 0 Å². The van der Waals surface area contributed by atoms with Crippen molar-refractivity contribution >= 4 is 35.0 Å². The maximum Gasteiger partial charge on any atom is 0.220 e. The first-order valence-electron chi connectivity index (χ1n) is 8.55. The molecule has 1 aliphatic heterocycles. The molecule has 2 atom stereocenters. The summed E-state index contributed by atoms with van der Waals surface area (Å²) in [4.78, 5) is 24.8. The Bertz CT molecular complexity index is 708. The SMILES string of the molecule is O=C1CC(c2ccc(Cl)cc2)CNC(=O)CC(c2ccc(Cl)cc2)CN1. The van der Waals surface area contributed by atoms with Gasteiger partial charge in [0.15, 0.2) is 0 Å². The summed E-state index contributed by atoms with van der Waals surface area (Å²) < 4.78 is 0. The average Bonchev–Trinajstić information content (AvgIpc) is 2.63. The van der Waals surface area contributed by atoms with E-state index in [9.17, 15) is 9.59 Å². The second-order valence-corrected chi connectivity index (χ2v) is 7.39. The molecule has 0 saturated carbocycles. The summed E-state index contributed by atoms with van der Waals surface area (Å²) in [6.45, 7) is 0.836. The van der Waals surface area contributed by atoms with Gasteiger partial charge in [-0.25, -0.2) is 0 Å². The summed E-state index contributed by atoms with van der Waals surface area (Å²) in [5.41, 5.74) is 1.97. The van der Waals surface area contributed by atoms with Crippen LogP contribution in [0.4, 0.5) is 0 Å². The zero-order valence-electron chi connectivity index (χ0n) is 14.2. The quantitative estimate of drug-likeness (QED) is 0.816. The fraction of sp³-hybridized carbons (Fsp3) is 0.300. The van der Waals surface area contributed by atoms with Crippen molar-refractivity contribution < 1.29 is 9.59 Å². The van der Waals surface area contributed by atoms with Crippen LogP contribution in [0.15, 0.2) is 48.5 Å². The van der Waals surface area contributed by atoms with Gasteiger partial charge < -0.3 is 10.6 Å². The number of carbonyl (C=O) groups is 2. The Kier molecular flexibility index (Phi) is 6.17. The van der Waals surface area contributed by atoms with Crippen LogP contribution in [0.1, 0.15) is 35.8 Å². The maximum atomic E-state index is 12.4. The monoisotopic (exact) mass is 390 g/mol. The lowest BCUT2D eigenvalue weighted by molar-refractivity contribution is -0.124. The third-order valence-electron chi connectivity index (χ3n) is 4.64. The molecule has 1 saturated heterocycles. The molecule has 136 valence electrons. The highest BCUT2D eigenvalue weighted by Crippen LogP contribution is 2.25. The topological polar surface area (TPSA) is 58.2 Å². The summed E-state index contributed by atoms with van der Waals surface area (Å²) in [6.07, 6.45) is 0.629. The molecule has 6 heteroatoms. The van der Waals surface area contributed by atoms with Crippen molar-refractivity contribution in [3.8, 4) is 0 Å². The average molecular weight is 391 g/mol. The number of hydrogen-bond acceptors (Lipinski definition) is 2. The van der Waals surface area contributed by atoms with Crippen LogP contribution in [-0.2, 0) is 9.59 Å². The van der Waals surface area contributed by atoms with Gasteiger partial charge in [-0.1, -0.05) is 47.5 Å². The van der Waals surface area contributed by atoms with E-state index in [1.54, 1.807) is 24.3 Å². The van der Waals surface area contributed by atoms with Crippen LogP contribution in [0.2, 0.25) is 10.0 Å². The van der Waals surface area contributed by atoms with Crippen molar-refractivity contribution in [3.63, 3.8) is 0 Å². The van der Waals surface area contributed by atoms with Crippen molar-refractivity contribution in [1.82, 2.24) is 10.6 Å². The van der Waals surface area contributed by atoms with Crippen LogP contribution in [-0.4, -0.2) is 24.9 Å². The van der Waals surface area contributed by atoms with Gasteiger partial charge in [0.25, 0.3) is 0 Å². The summed E-state index contributed by atoms with van der Waals surface area (Å²) in [5.74, 6) is -0.216. The Balaban J connectivity index is 1.73. The van der Waals surface area contributed by atoms with Crippen molar-refractivity contribution in [2.24, 2.45) is 0 Å². The van der Waals surface area contributed by atoms with E-state index in [4.69, 9.17) is 23.2 Å². The molecule has 1 fully saturated rings. The summed E-state index contributed by atoms with van der Waals surface area (Å²) in [6, 6.07) is 14.8. The number of nitrogens with one attached hydrogen (secondary N) is 2. The van der Waals surface area contributed by atoms with Crippen molar-refractivity contribution in [3.05, 3.63) is 69.7 Å². The smallest absolute Gasteiger partial charge is 0.220 e. The molecule has 1 aliphatic rings. The molecule has 1 heterocycles. The zero-order chi connectivity index (χ0) is 18.5. The zero-order valence-corrected chi connectivity index (χ0v) is 15.7. The predicted molar refractivity (Wildman–Crippen MR) is 104 cm³/mol. The van der Waals surface area contributed by atoms with Gasteiger partial charge in [0.1, 0.15) is 0 Å². The first-order chi connectivity index (χ1) is 12.5. The largest absolute Gasteiger partial charge is 0.355 e. The fourth-order valence-corrected chi connectivity index (χ4v) is 3.40. The molecule has 3 rings (SSSR count). The Morgan fingerprint density at radius 1 is 0.654 bits per heavy atom. The lowest BCUT2D eigenvalue weighted by Crippen LogP contribution is -2.37. The molecule has 2 amide bonds. The van der Waals surface area contributed by atoms with Crippen molar-refractivity contribution in [2.75, 3.05) is 13.1 Å². The van der Waals surface area contributed by atoms with E-state index in [1.807, 2.05) is 24.3 Å². The first kappa shape index (κ1) is 18.7. The van der Waals surface area contributed by atoms with Crippen LogP contribution in [0, 0.1) is 0 Å². The van der Waals surface area contributed by atoms with Crippen LogP contribution >= 0.6 is 23.2 Å². The molecule has 0 aliphatic carbocycles. The highest BCUT2D eigenvalue weighted by Gasteiger charge is 2.23. The van der Waals surface area contributed by atoms with Crippen LogP contribution in [0.5, 0.6) is 0 Å². The lowest BCUT2D eigenvalue weighted by Gasteiger charge is -2.24. The third kappa shape index (κ3) is 4.99. The molecular weight excluding hydrogens is 371 g/mol.